The van der Waals surface area contributed by atoms with Gasteiger partial charge in [0, 0.05) is 12.8 Å². The second-order valence-electron chi connectivity index (χ2n) is 3.27. The van der Waals surface area contributed by atoms with Crippen molar-refractivity contribution in [3.05, 3.63) is 0 Å². The molecule has 0 radical (unpaired) electrons. The van der Waals surface area contributed by atoms with Crippen molar-refractivity contribution < 1.29 is 13.2 Å². The lowest BCUT2D eigenvalue weighted by Crippen LogP contribution is -2.21. The largest absolute Gasteiger partial charge is 0.300 e. The normalized spacial score (nSPS) is 24.8. The van der Waals surface area contributed by atoms with Crippen LogP contribution in [0.1, 0.15) is 32.6 Å². The number of ketones is 1. The number of hydrogen-bond acceptors (Lipinski definition) is 3. The first-order valence-corrected chi connectivity index (χ1v) is 6.01. The highest BCUT2D eigenvalue weighted by Crippen LogP contribution is 2.22. The summed E-state index contributed by atoms with van der Waals surface area (Å²) in [6, 6.07) is 0. The Morgan fingerprint density at radius 3 is 2.58 bits per heavy atom. The van der Waals surface area contributed by atoms with E-state index >= 15 is 0 Å². The lowest BCUT2D eigenvalue weighted by atomic mass is 10.4. The summed E-state index contributed by atoms with van der Waals surface area (Å²) in [5.41, 5.74) is 0. The van der Waals surface area contributed by atoms with Gasteiger partial charge in [0.25, 0.3) is 0 Å². The molecule has 0 aromatic heterocycles. The Morgan fingerprint density at radius 2 is 2.17 bits per heavy atom. The Morgan fingerprint density at radius 1 is 1.50 bits per heavy atom. The molecule has 1 fully saturated rings. The van der Waals surface area contributed by atoms with E-state index in [0.29, 0.717) is 19.3 Å². The molecule has 1 rings (SSSR count). The summed E-state index contributed by atoms with van der Waals surface area (Å²) < 4.78 is 22.9. The van der Waals surface area contributed by atoms with Crippen LogP contribution < -0.4 is 0 Å². The molecule has 0 amide bonds. The van der Waals surface area contributed by atoms with Crippen molar-refractivity contribution in [2.75, 3.05) is 5.75 Å². The van der Waals surface area contributed by atoms with E-state index in [2.05, 4.69) is 0 Å². The number of carbonyl (C=O) groups excluding carboxylic acids is 1. The van der Waals surface area contributed by atoms with E-state index in [1.54, 1.807) is 0 Å². The Hall–Kier alpha value is -0.380. The molecule has 70 valence electrons. The molecule has 0 N–H and O–H groups in total. The summed E-state index contributed by atoms with van der Waals surface area (Å²) in [5, 5.41) is -0.370. The Bertz CT molecular complexity index is 266. The van der Waals surface area contributed by atoms with E-state index in [4.69, 9.17) is 0 Å². The average molecular weight is 190 g/mol. The van der Waals surface area contributed by atoms with Crippen LogP contribution in [0.3, 0.4) is 0 Å². The Kier molecular flexibility index (Phi) is 2.88. The monoisotopic (exact) mass is 190 g/mol. The van der Waals surface area contributed by atoms with E-state index in [0.717, 1.165) is 0 Å². The minimum atomic E-state index is -2.96. The molecule has 0 saturated heterocycles. The first kappa shape index (κ1) is 9.71. The van der Waals surface area contributed by atoms with Crippen molar-refractivity contribution in [3.63, 3.8) is 0 Å². The topological polar surface area (TPSA) is 51.2 Å². The molecule has 1 saturated carbocycles. The van der Waals surface area contributed by atoms with Gasteiger partial charge in [-0.3, -0.25) is 4.79 Å². The van der Waals surface area contributed by atoms with Gasteiger partial charge in [-0.15, -0.1) is 0 Å². The van der Waals surface area contributed by atoms with Gasteiger partial charge in [0.1, 0.15) is 5.78 Å². The van der Waals surface area contributed by atoms with E-state index in [9.17, 15) is 13.2 Å². The van der Waals surface area contributed by atoms with Crippen LogP contribution in [0.4, 0.5) is 0 Å². The van der Waals surface area contributed by atoms with Crippen LogP contribution in [0, 0.1) is 0 Å². The average Bonchev–Trinajstić information content (AvgIpc) is 2.36. The van der Waals surface area contributed by atoms with Crippen LogP contribution in [-0.4, -0.2) is 25.2 Å². The van der Waals surface area contributed by atoms with Crippen LogP contribution in [0.15, 0.2) is 0 Å². The van der Waals surface area contributed by atoms with Gasteiger partial charge in [-0.2, -0.15) is 0 Å². The van der Waals surface area contributed by atoms with Crippen LogP contribution in [0.25, 0.3) is 0 Å². The zero-order chi connectivity index (χ0) is 9.19. The third-order valence-electron chi connectivity index (χ3n) is 2.20. The van der Waals surface area contributed by atoms with Gasteiger partial charge >= 0.3 is 0 Å². The molecule has 0 aliphatic heterocycles. The zero-order valence-electron chi connectivity index (χ0n) is 7.25. The van der Waals surface area contributed by atoms with Crippen LogP contribution in [0.2, 0.25) is 0 Å². The number of Topliss-reactive ketones (excluding diaryl/α,β-unsaturated/α-hetero) is 1. The van der Waals surface area contributed by atoms with Crippen molar-refractivity contribution in [2.24, 2.45) is 0 Å². The van der Waals surface area contributed by atoms with Gasteiger partial charge in [0.2, 0.25) is 0 Å². The number of sulfone groups is 1. The molecule has 3 nitrogen and oxygen atoms in total. The van der Waals surface area contributed by atoms with Crippen molar-refractivity contribution in [1.82, 2.24) is 0 Å². The maximum Gasteiger partial charge on any atom is 0.153 e. The highest BCUT2D eigenvalue weighted by atomic mass is 32.2. The van der Waals surface area contributed by atoms with Crippen LogP contribution in [0.5, 0.6) is 0 Å². The summed E-state index contributed by atoms with van der Waals surface area (Å²) in [6.45, 7) is 1.84. The fourth-order valence-electron chi connectivity index (χ4n) is 1.54. The maximum atomic E-state index is 11.4. The minimum Gasteiger partial charge on any atom is -0.300 e. The smallest absolute Gasteiger partial charge is 0.153 e. The van der Waals surface area contributed by atoms with Gasteiger partial charge in [-0.1, -0.05) is 6.92 Å². The van der Waals surface area contributed by atoms with Crippen LogP contribution in [-0.2, 0) is 14.6 Å². The maximum absolute atomic E-state index is 11.4. The van der Waals surface area contributed by atoms with Crippen molar-refractivity contribution in [3.8, 4) is 0 Å². The van der Waals surface area contributed by atoms with Crippen molar-refractivity contribution >= 4 is 15.6 Å². The molecular weight excluding hydrogens is 176 g/mol. The summed E-state index contributed by atoms with van der Waals surface area (Å²) in [5.74, 6) is 0.324. The first-order valence-electron chi connectivity index (χ1n) is 4.29. The van der Waals surface area contributed by atoms with E-state index in [1.165, 1.54) is 0 Å². The molecule has 12 heavy (non-hydrogen) atoms. The second kappa shape index (κ2) is 3.56. The highest BCUT2D eigenvalue weighted by Gasteiger charge is 2.32. The SMILES string of the molecule is CCCS(=O)(=O)C1CCC(=O)C1. The summed E-state index contributed by atoms with van der Waals surface area (Å²) in [6.07, 6.45) is 1.89. The third-order valence-corrected chi connectivity index (χ3v) is 4.59. The molecule has 0 bridgehead atoms. The van der Waals surface area contributed by atoms with Crippen molar-refractivity contribution in [1.29, 1.82) is 0 Å². The Balaban J connectivity index is 2.64. The molecule has 1 aliphatic carbocycles. The molecule has 0 aromatic rings. The number of carbonyl (C=O) groups is 1. The summed E-state index contributed by atoms with van der Waals surface area (Å²) in [4.78, 5) is 10.8. The molecule has 0 spiro atoms. The lowest BCUT2D eigenvalue weighted by molar-refractivity contribution is -0.117. The van der Waals surface area contributed by atoms with Gasteiger partial charge < -0.3 is 0 Å². The predicted octanol–water partition coefficient (Wildman–Crippen LogP) is 0.933. The molecular formula is C8H14O3S. The number of rotatable bonds is 3. The summed E-state index contributed by atoms with van der Waals surface area (Å²) >= 11 is 0. The minimum absolute atomic E-state index is 0.0969. The second-order valence-corrected chi connectivity index (χ2v) is 5.67. The van der Waals surface area contributed by atoms with Gasteiger partial charge in [-0.25, -0.2) is 8.42 Å². The molecule has 4 heteroatoms. The quantitative estimate of drug-likeness (QED) is 0.665. The fraction of sp³-hybridized carbons (Fsp3) is 0.875. The van der Waals surface area contributed by atoms with Crippen molar-refractivity contribution in [2.45, 2.75) is 37.9 Å². The third kappa shape index (κ3) is 2.06. The fourth-order valence-corrected chi connectivity index (χ4v) is 3.36. The summed E-state index contributed by atoms with van der Waals surface area (Å²) in [7, 11) is -2.96. The molecule has 1 atom stereocenters. The van der Waals surface area contributed by atoms with Crippen LogP contribution >= 0.6 is 0 Å². The lowest BCUT2D eigenvalue weighted by Gasteiger charge is -2.07. The molecule has 0 heterocycles. The number of hydrogen-bond donors (Lipinski definition) is 0. The molecule has 1 aliphatic rings. The molecule has 0 aromatic carbocycles. The predicted molar refractivity (Wildman–Crippen MR) is 46.7 cm³/mol. The zero-order valence-corrected chi connectivity index (χ0v) is 8.06. The van der Waals surface area contributed by atoms with Gasteiger partial charge in [-0.05, 0) is 12.8 Å². The highest BCUT2D eigenvalue weighted by molar-refractivity contribution is 7.92. The standard InChI is InChI=1S/C8H14O3S/c1-2-5-12(10,11)8-4-3-7(9)6-8/h8H,2-6H2,1H3. The Labute approximate surface area is 73.1 Å². The van der Waals surface area contributed by atoms with E-state index in [-0.39, 0.29) is 23.2 Å². The first-order chi connectivity index (χ1) is 5.56. The molecule has 1 unspecified atom stereocenters. The van der Waals surface area contributed by atoms with Gasteiger partial charge in [0.05, 0.1) is 11.0 Å². The van der Waals surface area contributed by atoms with E-state index in [1.807, 2.05) is 6.92 Å². The van der Waals surface area contributed by atoms with E-state index < -0.39 is 9.84 Å². The van der Waals surface area contributed by atoms with Gasteiger partial charge in [0.15, 0.2) is 9.84 Å².